The molecule has 0 spiro atoms. The van der Waals surface area contributed by atoms with E-state index in [1.807, 2.05) is 0 Å². The van der Waals surface area contributed by atoms with Gasteiger partial charge in [0.1, 0.15) is 0 Å². The number of hydrogen-bond acceptors (Lipinski definition) is 3. The molecule has 4 heteroatoms. The number of aliphatic hydroxyl groups is 1. The van der Waals surface area contributed by atoms with Crippen LogP contribution < -0.4 is 0 Å². The van der Waals surface area contributed by atoms with Crippen molar-refractivity contribution in [2.75, 3.05) is 0 Å². The van der Waals surface area contributed by atoms with Crippen molar-refractivity contribution < 1.29 is 19.8 Å². The Morgan fingerprint density at radius 2 is 1.16 bits per heavy atom. The number of carboxylic acids is 1. The maximum Gasteiger partial charge on any atom is 0.376 e. The second-order valence-electron chi connectivity index (χ2n) is 4.08. The minimum atomic E-state index is -2.17. The minimum Gasteiger partial charge on any atom is -0.475 e. The molecule has 0 saturated carbocycles. The highest BCUT2D eigenvalue weighted by molar-refractivity contribution is 6.36. The molecule has 0 saturated heterocycles. The van der Waals surface area contributed by atoms with Gasteiger partial charge >= 0.3 is 5.97 Å². The fraction of sp³-hybridized carbons (Fsp3) is 0.0667. The van der Waals surface area contributed by atoms with Crippen LogP contribution in [-0.2, 0) is 15.2 Å². The van der Waals surface area contributed by atoms with Crippen molar-refractivity contribution in [1.29, 1.82) is 0 Å². The summed E-state index contributed by atoms with van der Waals surface area (Å²) < 4.78 is 0. The highest BCUT2D eigenvalue weighted by Gasteiger charge is 2.43. The lowest BCUT2D eigenvalue weighted by molar-refractivity contribution is -0.157. The van der Waals surface area contributed by atoms with Crippen LogP contribution in [0.15, 0.2) is 60.7 Å². The number of aliphatic carboxylic acids is 1. The molecule has 0 radical (unpaired) electrons. The molecule has 0 unspecified atom stereocenters. The highest BCUT2D eigenvalue weighted by atomic mass is 16.4. The van der Waals surface area contributed by atoms with Gasteiger partial charge in [0.2, 0.25) is 0 Å². The molecule has 96 valence electrons. The van der Waals surface area contributed by atoms with Crippen LogP contribution in [0.3, 0.4) is 0 Å². The fourth-order valence-electron chi connectivity index (χ4n) is 1.94. The van der Waals surface area contributed by atoms with E-state index in [4.69, 9.17) is 5.11 Å². The standard InChI is InChI=1S/C15H12O4/c16-13(14(17)18)15(19,11-7-3-1-4-8-11)12-9-5-2-6-10-12/h1-10,19H,(H,17,18). The van der Waals surface area contributed by atoms with Crippen molar-refractivity contribution in [3.8, 4) is 0 Å². The molecule has 0 aliphatic heterocycles. The third-order valence-electron chi connectivity index (χ3n) is 2.91. The Labute approximate surface area is 109 Å². The summed E-state index contributed by atoms with van der Waals surface area (Å²) >= 11 is 0. The van der Waals surface area contributed by atoms with Crippen LogP contribution in [0.1, 0.15) is 11.1 Å². The Hall–Kier alpha value is -2.46. The van der Waals surface area contributed by atoms with Crippen LogP contribution in [0.4, 0.5) is 0 Å². The second-order valence-corrected chi connectivity index (χ2v) is 4.08. The SMILES string of the molecule is O=C(O)C(=O)C(O)(c1ccccc1)c1ccccc1. The van der Waals surface area contributed by atoms with E-state index < -0.39 is 17.4 Å². The summed E-state index contributed by atoms with van der Waals surface area (Å²) in [5, 5.41) is 19.6. The van der Waals surface area contributed by atoms with Gasteiger partial charge in [0.15, 0.2) is 5.60 Å². The summed E-state index contributed by atoms with van der Waals surface area (Å²) in [6, 6.07) is 16.1. The molecule has 19 heavy (non-hydrogen) atoms. The average Bonchev–Trinajstić information content (AvgIpc) is 2.47. The van der Waals surface area contributed by atoms with Gasteiger partial charge in [0, 0.05) is 0 Å². The Morgan fingerprint density at radius 1 is 0.789 bits per heavy atom. The largest absolute Gasteiger partial charge is 0.475 e. The number of carbonyl (C=O) groups excluding carboxylic acids is 1. The van der Waals surface area contributed by atoms with Crippen LogP contribution in [0.25, 0.3) is 0 Å². The molecule has 4 nitrogen and oxygen atoms in total. The van der Waals surface area contributed by atoms with Gasteiger partial charge in [-0.05, 0) is 11.1 Å². The Kier molecular flexibility index (Phi) is 3.44. The Balaban J connectivity index is 2.64. The monoisotopic (exact) mass is 256 g/mol. The van der Waals surface area contributed by atoms with Gasteiger partial charge in [-0.1, -0.05) is 60.7 Å². The molecule has 0 bridgehead atoms. The quantitative estimate of drug-likeness (QED) is 0.814. The molecule has 2 aromatic carbocycles. The highest BCUT2D eigenvalue weighted by Crippen LogP contribution is 2.30. The van der Waals surface area contributed by atoms with Gasteiger partial charge in [-0.15, -0.1) is 0 Å². The molecular weight excluding hydrogens is 244 g/mol. The van der Waals surface area contributed by atoms with E-state index in [0.717, 1.165) is 0 Å². The lowest BCUT2D eigenvalue weighted by Crippen LogP contribution is -2.41. The zero-order chi connectivity index (χ0) is 13.9. The van der Waals surface area contributed by atoms with E-state index in [1.54, 1.807) is 36.4 Å². The number of benzene rings is 2. The van der Waals surface area contributed by atoms with Gasteiger partial charge < -0.3 is 10.2 Å². The second kappa shape index (κ2) is 5.04. The first kappa shape index (κ1) is 13.0. The van der Waals surface area contributed by atoms with E-state index >= 15 is 0 Å². The number of carboxylic acid groups (broad SMARTS) is 1. The van der Waals surface area contributed by atoms with Crippen molar-refractivity contribution >= 4 is 11.8 Å². The Bertz CT molecular complexity index is 551. The molecule has 0 fully saturated rings. The maximum absolute atomic E-state index is 11.9. The third-order valence-corrected chi connectivity index (χ3v) is 2.91. The zero-order valence-electron chi connectivity index (χ0n) is 9.98. The lowest BCUT2D eigenvalue weighted by atomic mass is 9.83. The summed E-state index contributed by atoms with van der Waals surface area (Å²) in [6.07, 6.45) is 0. The first-order chi connectivity index (χ1) is 9.06. The van der Waals surface area contributed by atoms with Gasteiger partial charge in [0.25, 0.3) is 5.78 Å². The van der Waals surface area contributed by atoms with Gasteiger partial charge in [0.05, 0.1) is 0 Å². The molecule has 0 heterocycles. The first-order valence-corrected chi connectivity index (χ1v) is 5.68. The molecule has 0 atom stereocenters. The molecule has 2 aromatic rings. The van der Waals surface area contributed by atoms with Gasteiger partial charge in [-0.3, -0.25) is 4.79 Å². The van der Waals surface area contributed by atoms with Crippen LogP contribution in [0.5, 0.6) is 0 Å². The normalized spacial score (nSPS) is 11.0. The van der Waals surface area contributed by atoms with Crippen LogP contribution in [0, 0.1) is 0 Å². The topological polar surface area (TPSA) is 74.6 Å². The van der Waals surface area contributed by atoms with E-state index in [2.05, 4.69) is 0 Å². The predicted molar refractivity (Wildman–Crippen MR) is 68.5 cm³/mol. The molecular formula is C15H12O4. The maximum atomic E-state index is 11.9. The number of Topliss-reactive ketones (excluding diaryl/α,β-unsaturated/α-hetero) is 1. The number of carbonyl (C=O) groups is 2. The van der Waals surface area contributed by atoms with E-state index in [0.29, 0.717) is 0 Å². The van der Waals surface area contributed by atoms with Crippen molar-refractivity contribution in [3.05, 3.63) is 71.8 Å². The summed E-state index contributed by atoms with van der Waals surface area (Å²) in [7, 11) is 0. The van der Waals surface area contributed by atoms with E-state index in [9.17, 15) is 14.7 Å². The van der Waals surface area contributed by atoms with Crippen LogP contribution in [-0.4, -0.2) is 22.0 Å². The molecule has 2 N–H and O–H groups in total. The molecule has 0 aliphatic carbocycles. The van der Waals surface area contributed by atoms with E-state index in [1.165, 1.54) is 24.3 Å². The molecule has 2 rings (SSSR count). The number of rotatable bonds is 4. The van der Waals surface area contributed by atoms with E-state index in [-0.39, 0.29) is 11.1 Å². The molecule has 0 aliphatic rings. The third kappa shape index (κ3) is 2.26. The Morgan fingerprint density at radius 3 is 1.47 bits per heavy atom. The minimum absolute atomic E-state index is 0.230. The first-order valence-electron chi connectivity index (χ1n) is 5.68. The lowest BCUT2D eigenvalue weighted by Gasteiger charge is -2.25. The summed E-state index contributed by atoms with van der Waals surface area (Å²) in [5.74, 6) is -2.94. The van der Waals surface area contributed by atoms with Crippen molar-refractivity contribution in [2.24, 2.45) is 0 Å². The van der Waals surface area contributed by atoms with Crippen molar-refractivity contribution in [2.45, 2.75) is 5.60 Å². The van der Waals surface area contributed by atoms with Gasteiger partial charge in [-0.2, -0.15) is 0 Å². The van der Waals surface area contributed by atoms with Crippen molar-refractivity contribution in [3.63, 3.8) is 0 Å². The fourth-order valence-corrected chi connectivity index (χ4v) is 1.94. The zero-order valence-corrected chi connectivity index (χ0v) is 9.98. The summed E-state index contributed by atoms with van der Waals surface area (Å²) in [4.78, 5) is 22.9. The summed E-state index contributed by atoms with van der Waals surface area (Å²) in [5.41, 5.74) is -1.71. The summed E-state index contributed by atoms with van der Waals surface area (Å²) in [6.45, 7) is 0. The number of hydrogen-bond donors (Lipinski definition) is 2. The number of ketones is 1. The average molecular weight is 256 g/mol. The van der Waals surface area contributed by atoms with Gasteiger partial charge in [-0.25, -0.2) is 4.79 Å². The molecule has 0 aromatic heterocycles. The molecule has 0 amide bonds. The van der Waals surface area contributed by atoms with Crippen LogP contribution >= 0.6 is 0 Å². The predicted octanol–water partition coefficient (Wildman–Crippen LogP) is 1.58. The van der Waals surface area contributed by atoms with Crippen LogP contribution in [0.2, 0.25) is 0 Å². The van der Waals surface area contributed by atoms with Crippen molar-refractivity contribution in [1.82, 2.24) is 0 Å². The smallest absolute Gasteiger partial charge is 0.376 e.